The first kappa shape index (κ1) is 13.0. The molecular weight excluding hydrogens is 268 g/mol. The molecule has 0 N–H and O–H groups in total. The van der Waals surface area contributed by atoms with Gasteiger partial charge in [-0.15, -0.1) is 0 Å². The monoisotopic (exact) mass is 282 g/mol. The second kappa shape index (κ2) is 5.88. The fourth-order valence-electron chi connectivity index (χ4n) is 1.57. The van der Waals surface area contributed by atoms with Crippen LogP contribution in [0, 0.1) is 11.3 Å². The predicted octanol–water partition coefficient (Wildman–Crippen LogP) is 2.97. The highest BCUT2D eigenvalue weighted by Crippen LogP contribution is 2.30. The zero-order valence-electron chi connectivity index (χ0n) is 9.70. The van der Waals surface area contributed by atoms with Gasteiger partial charge in [0, 0.05) is 6.04 Å². The van der Waals surface area contributed by atoms with Crippen LogP contribution in [0.25, 0.3) is 0 Å². The van der Waals surface area contributed by atoms with Crippen LogP contribution in [0.3, 0.4) is 0 Å². The van der Waals surface area contributed by atoms with Crippen LogP contribution in [0.2, 0.25) is 0 Å². The highest BCUT2D eigenvalue weighted by Gasteiger charge is 2.14. The smallest absolute Gasteiger partial charge is 0.133 e. The van der Waals surface area contributed by atoms with Crippen molar-refractivity contribution in [2.45, 2.75) is 12.5 Å². The van der Waals surface area contributed by atoms with Crippen molar-refractivity contribution >= 4 is 15.9 Å². The summed E-state index contributed by atoms with van der Waals surface area (Å²) in [5.74, 6) is 0.804. The van der Waals surface area contributed by atoms with E-state index in [1.165, 1.54) is 0 Å². The van der Waals surface area contributed by atoms with Crippen molar-refractivity contribution in [1.29, 1.82) is 5.26 Å². The van der Waals surface area contributed by atoms with Crippen LogP contribution >= 0.6 is 15.9 Å². The number of nitrogens with zero attached hydrogens (tertiary/aromatic N) is 2. The van der Waals surface area contributed by atoms with Crippen LogP contribution in [0.4, 0.5) is 0 Å². The van der Waals surface area contributed by atoms with E-state index in [-0.39, 0.29) is 6.04 Å². The van der Waals surface area contributed by atoms with Crippen molar-refractivity contribution in [2.24, 2.45) is 0 Å². The number of hydrogen-bond donors (Lipinski definition) is 0. The molecule has 0 spiro atoms. The fraction of sp³-hybridized carbons (Fsp3) is 0.417. The van der Waals surface area contributed by atoms with E-state index in [1.807, 2.05) is 37.2 Å². The number of hydrogen-bond acceptors (Lipinski definition) is 3. The van der Waals surface area contributed by atoms with E-state index in [0.717, 1.165) is 15.8 Å². The van der Waals surface area contributed by atoms with Crippen LogP contribution in [0.5, 0.6) is 5.75 Å². The summed E-state index contributed by atoms with van der Waals surface area (Å²) in [6.07, 6.45) is 0.478. The number of nitriles is 1. The number of methoxy groups -OCH3 is 1. The van der Waals surface area contributed by atoms with E-state index in [2.05, 4.69) is 22.0 Å². The predicted molar refractivity (Wildman–Crippen MR) is 67.4 cm³/mol. The lowest BCUT2D eigenvalue weighted by molar-refractivity contribution is 0.303. The van der Waals surface area contributed by atoms with Crippen molar-refractivity contribution in [1.82, 2.24) is 4.90 Å². The molecule has 16 heavy (non-hydrogen) atoms. The second-order valence-electron chi connectivity index (χ2n) is 3.74. The Bertz CT molecular complexity index is 398. The summed E-state index contributed by atoms with van der Waals surface area (Å²) >= 11 is 3.45. The summed E-state index contributed by atoms with van der Waals surface area (Å²) < 4.78 is 6.09. The molecule has 0 saturated heterocycles. The van der Waals surface area contributed by atoms with Gasteiger partial charge in [-0.1, -0.05) is 6.07 Å². The standard InChI is InChI=1S/C12H15BrN2O/c1-15(2)11(6-7-14)9-4-5-12(16-3)10(13)8-9/h4-5,8,11H,6H2,1-3H3. The third-order valence-corrected chi connectivity index (χ3v) is 3.09. The molecule has 1 aromatic rings. The molecule has 0 fully saturated rings. The zero-order valence-corrected chi connectivity index (χ0v) is 11.3. The van der Waals surface area contributed by atoms with Gasteiger partial charge in [0.2, 0.25) is 0 Å². The second-order valence-corrected chi connectivity index (χ2v) is 4.59. The third kappa shape index (κ3) is 2.97. The molecule has 1 aromatic carbocycles. The lowest BCUT2D eigenvalue weighted by atomic mass is 10.0. The highest BCUT2D eigenvalue weighted by molar-refractivity contribution is 9.10. The van der Waals surface area contributed by atoms with Crippen molar-refractivity contribution in [2.75, 3.05) is 21.2 Å². The SMILES string of the molecule is COc1ccc(C(CC#N)N(C)C)cc1Br. The van der Waals surface area contributed by atoms with Crippen LogP contribution < -0.4 is 4.74 Å². The molecule has 0 aliphatic rings. The minimum Gasteiger partial charge on any atom is -0.496 e. The largest absolute Gasteiger partial charge is 0.496 e. The molecule has 4 heteroatoms. The molecule has 0 amide bonds. The van der Waals surface area contributed by atoms with Gasteiger partial charge < -0.3 is 9.64 Å². The Morgan fingerprint density at radius 1 is 1.50 bits per heavy atom. The fourth-order valence-corrected chi connectivity index (χ4v) is 2.13. The average molecular weight is 283 g/mol. The van der Waals surface area contributed by atoms with Crippen LogP contribution in [-0.4, -0.2) is 26.1 Å². The minimum atomic E-state index is 0.118. The molecule has 0 bridgehead atoms. The van der Waals surface area contributed by atoms with Gasteiger partial charge in [0.15, 0.2) is 0 Å². The normalized spacial score (nSPS) is 12.2. The topological polar surface area (TPSA) is 36.3 Å². The molecule has 1 rings (SSSR count). The minimum absolute atomic E-state index is 0.118. The Morgan fingerprint density at radius 2 is 2.19 bits per heavy atom. The quantitative estimate of drug-likeness (QED) is 0.852. The first-order valence-electron chi connectivity index (χ1n) is 4.97. The lowest BCUT2D eigenvalue weighted by Gasteiger charge is -2.22. The van der Waals surface area contributed by atoms with Gasteiger partial charge in [0.25, 0.3) is 0 Å². The van der Waals surface area contributed by atoms with Gasteiger partial charge >= 0.3 is 0 Å². The Morgan fingerprint density at radius 3 is 2.62 bits per heavy atom. The van der Waals surface area contributed by atoms with Gasteiger partial charge in [-0.25, -0.2) is 0 Å². The third-order valence-electron chi connectivity index (χ3n) is 2.47. The molecular formula is C12H15BrN2O. The summed E-state index contributed by atoms with van der Waals surface area (Å²) in [5, 5.41) is 8.80. The van der Waals surface area contributed by atoms with E-state index < -0.39 is 0 Å². The van der Waals surface area contributed by atoms with Crippen LogP contribution in [0.15, 0.2) is 22.7 Å². The molecule has 3 nitrogen and oxygen atoms in total. The summed E-state index contributed by atoms with van der Waals surface area (Å²) in [4.78, 5) is 2.04. The first-order valence-corrected chi connectivity index (χ1v) is 5.76. The van der Waals surface area contributed by atoms with Crippen molar-refractivity contribution in [3.05, 3.63) is 28.2 Å². The maximum atomic E-state index is 8.80. The Labute approximate surface area is 105 Å². The van der Waals surface area contributed by atoms with Crippen molar-refractivity contribution in [3.63, 3.8) is 0 Å². The number of halogens is 1. The molecule has 0 saturated carbocycles. The summed E-state index contributed by atoms with van der Waals surface area (Å²) in [7, 11) is 5.58. The van der Waals surface area contributed by atoms with Gasteiger partial charge in [0.05, 0.1) is 24.1 Å². The van der Waals surface area contributed by atoms with E-state index in [9.17, 15) is 0 Å². The van der Waals surface area contributed by atoms with Gasteiger partial charge in [-0.3, -0.25) is 0 Å². The maximum Gasteiger partial charge on any atom is 0.133 e. The molecule has 1 unspecified atom stereocenters. The maximum absolute atomic E-state index is 8.80. The Hall–Kier alpha value is -1.05. The number of ether oxygens (including phenoxy) is 1. The molecule has 86 valence electrons. The van der Waals surface area contributed by atoms with Crippen molar-refractivity contribution < 1.29 is 4.74 Å². The summed E-state index contributed by atoms with van der Waals surface area (Å²) in [5.41, 5.74) is 1.11. The molecule has 0 aliphatic heterocycles. The molecule has 0 radical (unpaired) electrons. The average Bonchev–Trinajstić information content (AvgIpc) is 2.25. The van der Waals surface area contributed by atoms with Gasteiger partial charge in [-0.2, -0.15) is 5.26 Å². The molecule has 0 heterocycles. The number of benzene rings is 1. The highest BCUT2D eigenvalue weighted by atomic mass is 79.9. The Kier molecular flexibility index (Phi) is 4.78. The van der Waals surface area contributed by atoms with E-state index in [4.69, 9.17) is 10.00 Å². The zero-order chi connectivity index (χ0) is 12.1. The summed E-state index contributed by atoms with van der Waals surface area (Å²) in [6.45, 7) is 0. The van der Waals surface area contributed by atoms with Crippen LogP contribution in [-0.2, 0) is 0 Å². The lowest BCUT2D eigenvalue weighted by Crippen LogP contribution is -2.19. The van der Waals surface area contributed by atoms with E-state index >= 15 is 0 Å². The Balaban J connectivity index is 3.02. The van der Waals surface area contributed by atoms with Gasteiger partial charge in [-0.05, 0) is 47.7 Å². The van der Waals surface area contributed by atoms with E-state index in [1.54, 1.807) is 7.11 Å². The van der Waals surface area contributed by atoms with E-state index in [0.29, 0.717) is 6.42 Å². The summed E-state index contributed by atoms with van der Waals surface area (Å²) in [6, 6.07) is 8.23. The molecule has 1 atom stereocenters. The molecule has 0 aliphatic carbocycles. The van der Waals surface area contributed by atoms with Crippen LogP contribution in [0.1, 0.15) is 18.0 Å². The molecule has 0 aromatic heterocycles. The van der Waals surface area contributed by atoms with Crippen molar-refractivity contribution in [3.8, 4) is 11.8 Å². The first-order chi connectivity index (χ1) is 7.60. The number of rotatable bonds is 4. The van der Waals surface area contributed by atoms with Gasteiger partial charge in [0.1, 0.15) is 5.75 Å².